The number of rotatable bonds is 3. The summed E-state index contributed by atoms with van der Waals surface area (Å²) >= 11 is 2.02. The zero-order valence-corrected chi connectivity index (χ0v) is 15.7. The topological polar surface area (TPSA) is 26.3 Å². The molecule has 1 aromatic rings. The Hall–Kier alpha value is -1.19. The first kappa shape index (κ1) is 20.1. The van der Waals surface area contributed by atoms with Crippen LogP contribution in [0.25, 0.3) is 0 Å². The Morgan fingerprint density at radius 3 is 2.04 bits per heavy atom. The molecule has 0 bridgehead atoms. The molecule has 2 rings (SSSR count). The van der Waals surface area contributed by atoms with Crippen molar-refractivity contribution in [3.05, 3.63) is 43.8 Å². The number of ether oxygens (including phenoxy) is 1. The van der Waals surface area contributed by atoms with Gasteiger partial charge in [0.1, 0.15) is 11.7 Å². The molecule has 1 aliphatic carbocycles. The third kappa shape index (κ3) is 3.98. The molecule has 0 spiro atoms. The van der Waals surface area contributed by atoms with E-state index in [9.17, 15) is 26.7 Å². The van der Waals surface area contributed by atoms with E-state index in [-0.39, 0.29) is 5.92 Å². The van der Waals surface area contributed by atoms with E-state index in [0.29, 0.717) is 6.42 Å². The van der Waals surface area contributed by atoms with Gasteiger partial charge in [0.25, 0.3) is 0 Å². The molecule has 0 amide bonds. The summed E-state index contributed by atoms with van der Waals surface area (Å²) in [5.41, 5.74) is -0.496. The van der Waals surface area contributed by atoms with Gasteiger partial charge in [-0.15, -0.1) is 0 Å². The third-order valence-corrected chi connectivity index (χ3v) is 5.50. The van der Waals surface area contributed by atoms with Gasteiger partial charge < -0.3 is 4.74 Å². The van der Waals surface area contributed by atoms with E-state index in [0.717, 1.165) is 28.4 Å². The lowest BCUT2D eigenvalue weighted by atomic mass is 9.98. The Labute approximate surface area is 155 Å². The maximum atomic E-state index is 13.8. The smallest absolute Gasteiger partial charge is 0.345 e. The van der Waals surface area contributed by atoms with Gasteiger partial charge in [-0.05, 0) is 54.2 Å². The lowest BCUT2D eigenvalue weighted by Crippen LogP contribution is -2.22. The fourth-order valence-corrected chi connectivity index (χ4v) is 4.08. The molecular formula is C17H16F5IO2. The highest BCUT2D eigenvalue weighted by molar-refractivity contribution is 14.1. The molecule has 0 heterocycles. The van der Waals surface area contributed by atoms with Crippen LogP contribution in [0.3, 0.4) is 0 Å². The maximum absolute atomic E-state index is 13.8. The second-order valence-corrected chi connectivity index (χ2v) is 7.27. The van der Waals surface area contributed by atoms with Crippen molar-refractivity contribution in [2.45, 2.75) is 45.6 Å². The number of carbonyl (C=O) groups is 1. The summed E-state index contributed by atoms with van der Waals surface area (Å²) < 4.78 is 73.0. The minimum absolute atomic E-state index is 0.195. The number of benzene rings is 1. The summed E-state index contributed by atoms with van der Waals surface area (Å²) in [4.78, 5) is 12.1. The van der Waals surface area contributed by atoms with Crippen LogP contribution in [0.4, 0.5) is 22.0 Å². The molecule has 138 valence electrons. The second kappa shape index (κ2) is 8.01. The summed E-state index contributed by atoms with van der Waals surface area (Å²) in [6, 6.07) is 0. The summed E-state index contributed by atoms with van der Waals surface area (Å²) in [7, 11) is 0. The zero-order chi connectivity index (χ0) is 18.9. The quantitative estimate of drug-likeness (QED) is 0.181. The van der Waals surface area contributed by atoms with Crippen LogP contribution in [-0.2, 0) is 4.74 Å². The Morgan fingerprint density at radius 2 is 1.52 bits per heavy atom. The molecule has 0 aliphatic heterocycles. The molecule has 1 atom stereocenters. The van der Waals surface area contributed by atoms with Crippen molar-refractivity contribution in [2.75, 3.05) is 0 Å². The SMILES string of the molecule is CC(C)C1=C(I)[C@H](OC(=O)c2c(F)c(F)c(F)c(F)c2F)CCCC1. The fourth-order valence-electron chi connectivity index (χ4n) is 2.75. The van der Waals surface area contributed by atoms with Crippen LogP contribution in [0.15, 0.2) is 9.15 Å². The van der Waals surface area contributed by atoms with E-state index in [2.05, 4.69) is 0 Å². The highest BCUT2D eigenvalue weighted by Crippen LogP contribution is 2.35. The van der Waals surface area contributed by atoms with Crippen LogP contribution in [0.2, 0.25) is 0 Å². The predicted molar refractivity (Wildman–Crippen MR) is 89.8 cm³/mol. The van der Waals surface area contributed by atoms with Crippen LogP contribution >= 0.6 is 22.6 Å². The molecule has 1 aliphatic rings. The monoisotopic (exact) mass is 474 g/mol. The van der Waals surface area contributed by atoms with E-state index < -0.39 is 46.7 Å². The van der Waals surface area contributed by atoms with Crippen LogP contribution in [0, 0.1) is 35.0 Å². The van der Waals surface area contributed by atoms with E-state index in [1.54, 1.807) is 0 Å². The molecule has 8 heteroatoms. The molecule has 0 N–H and O–H groups in total. The molecule has 25 heavy (non-hydrogen) atoms. The maximum Gasteiger partial charge on any atom is 0.345 e. The van der Waals surface area contributed by atoms with E-state index >= 15 is 0 Å². The normalized spacial score (nSPS) is 18.5. The van der Waals surface area contributed by atoms with Crippen molar-refractivity contribution < 1.29 is 31.5 Å². The number of esters is 1. The van der Waals surface area contributed by atoms with Crippen molar-refractivity contribution in [3.8, 4) is 0 Å². The van der Waals surface area contributed by atoms with Gasteiger partial charge in [-0.3, -0.25) is 0 Å². The minimum atomic E-state index is -2.31. The van der Waals surface area contributed by atoms with Crippen molar-refractivity contribution >= 4 is 28.6 Å². The molecule has 0 saturated carbocycles. The summed E-state index contributed by atoms with van der Waals surface area (Å²) in [5, 5.41) is 0. The second-order valence-electron chi connectivity index (χ2n) is 6.11. The number of carbonyl (C=O) groups excluding carboxylic acids is 1. The molecule has 0 radical (unpaired) electrons. The molecule has 0 fully saturated rings. The highest BCUT2D eigenvalue weighted by atomic mass is 127. The number of hydrogen-bond donors (Lipinski definition) is 0. The number of hydrogen-bond acceptors (Lipinski definition) is 2. The van der Waals surface area contributed by atoms with Crippen molar-refractivity contribution in [2.24, 2.45) is 5.92 Å². The summed E-state index contributed by atoms with van der Waals surface area (Å²) in [5.74, 6) is -12.4. The fraction of sp³-hybridized carbons (Fsp3) is 0.471. The summed E-state index contributed by atoms with van der Waals surface area (Å²) in [6.45, 7) is 3.95. The number of allylic oxidation sites excluding steroid dienone is 1. The van der Waals surface area contributed by atoms with Crippen molar-refractivity contribution in [1.29, 1.82) is 0 Å². The van der Waals surface area contributed by atoms with Gasteiger partial charge >= 0.3 is 5.97 Å². The molecule has 0 aromatic heterocycles. The number of halogens is 6. The lowest BCUT2D eigenvalue weighted by Gasteiger charge is -2.20. The van der Waals surface area contributed by atoms with Gasteiger partial charge in [0.15, 0.2) is 23.3 Å². The van der Waals surface area contributed by atoms with Crippen molar-refractivity contribution in [1.82, 2.24) is 0 Å². The Morgan fingerprint density at radius 1 is 1.00 bits per heavy atom. The van der Waals surface area contributed by atoms with E-state index in [1.165, 1.54) is 0 Å². The average molecular weight is 474 g/mol. The molecule has 0 unspecified atom stereocenters. The third-order valence-electron chi connectivity index (χ3n) is 4.11. The summed E-state index contributed by atoms with van der Waals surface area (Å²) in [6.07, 6.45) is 2.07. The molecule has 2 nitrogen and oxygen atoms in total. The lowest BCUT2D eigenvalue weighted by molar-refractivity contribution is 0.0360. The van der Waals surface area contributed by atoms with Gasteiger partial charge in [0, 0.05) is 3.58 Å². The van der Waals surface area contributed by atoms with Gasteiger partial charge in [-0.1, -0.05) is 19.4 Å². The zero-order valence-electron chi connectivity index (χ0n) is 13.6. The Kier molecular flexibility index (Phi) is 6.45. The van der Waals surface area contributed by atoms with Gasteiger partial charge in [-0.2, -0.15) is 0 Å². The Bertz CT molecular complexity index is 701. The van der Waals surface area contributed by atoms with Crippen LogP contribution < -0.4 is 0 Å². The molecule has 0 saturated heterocycles. The predicted octanol–water partition coefficient (Wildman–Crippen LogP) is 5.83. The molecular weight excluding hydrogens is 458 g/mol. The largest absolute Gasteiger partial charge is 0.453 e. The van der Waals surface area contributed by atoms with Crippen molar-refractivity contribution in [3.63, 3.8) is 0 Å². The first-order valence-corrected chi connectivity index (χ1v) is 8.85. The van der Waals surface area contributed by atoms with Gasteiger partial charge in [-0.25, -0.2) is 26.7 Å². The van der Waals surface area contributed by atoms with Crippen LogP contribution in [-0.4, -0.2) is 12.1 Å². The standard InChI is InChI=1S/C17H16F5IO2/c1-7(2)8-5-3-4-6-9(16(8)23)25-17(24)10-11(18)13(20)15(22)14(21)12(10)19/h7,9H,3-6H2,1-2H3/t9-/m1/s1. The van der Waals surface area contributed by atoms with E-state index in [4.69, 9.17) is 4.74 Å². The Balaban J connectivity index is 2.38. The van der Waals surface area contributed by atoms with Crippen LogP contribution in [0.1, 0.15) is 49.9 Å². The average Bonchev–Trinajstić information content (AvgIpc) is 2.73. The van der Waals surface area contributed by atoms with Gasteiger partial charge in [0.05, 0.1) is 0 Å². The first-order chi connectivity index (χ1) is 11.7. The van der Waals surface area contributed by atoms with Crippen LogP contribution in [0.5, 0.6) is 0 Å². The highest BCUT2D eigenvalue weighted by Gasteiger charge is 2.33. The van der Waals surface area contributed by atoms with Gasteiger partial charge in [0.2, 0.25) is 5.82 Å². The molecule has 1 aromatic carbocycles. The minimum Gasteiger partial charge on any atom is -0.453 e. The van der Waals surface area contributed by atoms with E-state index in [1.807, 2.05) is 36.4 Å². The first-order valence-electron chi connectivity index (χ1n) is 7.77.